The lowest BCUT2D eigenvalue weighted by atomic mass is 10.0. The van der Waals surface area contributed by atoms with Crippen LogP contribution in [0.2, 0.25) is 0 Å². The summed E-state index contributed by atoms with van der Waals surface area (Å²) in [6.07, 6.45) is 1.13. The molecule has 100 valence electrons. The highest BCUT2D eigenvalue weighted by Gasteiger charge is 2.09. The van der Waals surface area contributed by atoms with Gasteiger partial charge in [-0.2, -0.15) is 0 Å². The fraction of sp³-hybridized carbons (Fsp3) is 0.312. The summed E-state index contributed by atoms with van der Waals surface area (Å²) in [7, 11) is 0. The zero-order valence-corrected chi connectivity index (χ0v) is 11.5. The third-order valence-corrected chi connectivity index (χ3v) is 3.00. The number of aromatic nitrogens is 1. The summed E-state index contributed by atoms with van der Waals surface area (Å²) in [5, 5.41) is 9.44. The molecule has 0 bridgehead atoms. The van der Waals surface area contributed by atoms with Crippen molar-refractivity contribution < 1.29 is 9.84 Å². The molecule has 2 aromatic rings. The van der Waals surface area contributed by atoms with Crippen LogP contribution in [-0.2, 0) is 0 Å². The Labute approximate surface area is 113 Å². The minimum Gasteiger partial charge on any atom is -0.439 e. The normalized spacial score (nSPS) is 12.5. The number of ether oxygens (including phenoxy) is 1. The zero-order valence-electron chi connectivity index (χ0n) is 11.5. The largest absolute Gasteiger partial charge is 0.439 e. The van der Waals surface area contributed by atoms with Crippen molar-refractivity contribution in [1.29, 1.82) is 0 Å². The monoisotopic (exact) mass is 257 g/mol. The molecule has 1 aromatic heterocycles. The molecule has 0 amide bonds. The Bertz CT molecular complexity index is 533. The summed E-state index contributed by atoms with van der Waals surface area (Å²) in [5.41, 5.74) is 1.94. The van der Waals surface area contributed by atoms with Gasteiger partial charge < -0.3 is 9.84 Å². The molecule has 3 nitrogen and oxygen atoms in total. The standard InChI is InChI=1S/C16H19NO2/c1-11(2)14-6-4-5-7-15(14)19-16-9-8-13(10-17-16)12(3)18/h4-12,18H,1-3H3/t12-/m1/s1. The first-order chi connectivity index (χ1) is 9.08. The van der Waals surface area contributed by atoms with Gasteiger partial charge in [-0.15, -0.1) is 0 Å². The van der Waals surface area contributed by atoms with Crippen LogP contribution in [0.15, 0.2) is 42.6 Å². The van der Waals surface area contributed by atoms with E-state index in [1.165, 1.54) is 0 Å². The van der Waals surface area contributed by atoms with E-state index < -0.39 is 6.10 Å². The van der Waals surface area contributed by atoms with Crippen LogP contribution in [0.1, 0.15) is 43.9 Å². The molecule has 0 aliphatic heterocycles. The molecule has 0 saturated heterocycles. The SMILES string of the molecule is CC(C)c1ccccc1Oc1ccc([C@@H](C)O)cn1. The van der Waals surface area contributed by atoms with E-state index in [0.29, 0.717) is 11.8 Å². The topological polar surface area (TPSA) is 42.4 Å². The average molecular weight is 257 g/mol. The maximum Gasteiger partial charge on any atom is 0.219 e. The van der Waals surface area contributed by atoms with E-state index in [0.717, 1.165) is 16.9 Å². The van der Waals surface area contributed by atoms with E-state index in [-0.39, 0.29) is 0 Å². The molecule has 2 rings (SSSR count). The highest BCUT2D eigenvalue weighted by atomic mass is 16.5. The predicted octanol–water partition coefficient (Wildman–Crippen LogP) is 4.05. The zero-order chi connectivity index (χ0) is 13.8. The number of nitrogens with zero attached hydrogens (tertiary/aromatic N) is 1. The second-order valence-corrected chi connectivity index (χ2v) is 4.90. The van der Waals surface area contributed by atoms with E-state index in [1.54, 1.807) is 19.2 Å². The lowest BCUT2D eigenvalue weighted by molar-refractivity contribution is 0.198. The van der Waals surface area contributed by atoms with Crippen molar-refractivity contribution in [3.63, 3.8) is 0 Å². The molecule has 1 N–H and O–H groups in total. The molecule has 0 unspecified atom stereocenters. The molecule has 0 fully saturated rings. The maximum absolute atomic E-state index is 9.44. The Kier molecular flexibility index (Phi) is 4.17. The van der Waals surface area contributed by atoms with Crippen LogP contribution in [0.25, 0.3) is 0 Å². The number of pyridine rings is 1. The van der Waals surface area contributed by atoms with Gasteiger partial charge in [0.05, 0.1) is 6.10 Å². The highest BCUT2D eigenvalue weighted by Crippen LogP contribution is 2.29. The van der Waals surface area contributed by atoms with Crippen molar-refractivity contribution in [3.8, 4) is 11.6 Å². The van der Waals surface area contributed by atoms with E-state index in [1.807, 2.05) is 24.3 Å². The quantitative estimate of drug-likeness (QED) is 0.898. The number of para-hydroxylation sites is 1. The summed E-state index contributed by atoms with van der Waals surface area (Å²) < 4.78 is 5.81. The Morgan fingerprint density at radius 3 is 2.37 bits per heavy atom. The molecule has 0 saturated carbocycles. The van der Waals surface area contributed by atoms with Gasteiger partial charge in [-0.05, 0) is 36.1 Å². The maximum atomic E-state index is 9.44. The lowest BCUT2D eigenvalue weighted by Crippen LogP contribution is -1.96. The molecular weight excluding hydrogens is 238 g/mol. The van der Waals surface area contributed by atoms with Gasteiger partial charge in [-0.1, -0.05) is 32.0 Å². The van der Waals surface area contributed by atoms with Crippen LogP contribution in [0.5, 0.6) is 11.6 Å². The van der Waals surface area contributed by atoms with Crippen molar-refractivity contribution in [1.82, 2.24) is 4.98 Å². The number of rotatable bonds is 4. The summed E-state index contributed by atoms with van der Waals surface area (Å²) in [5.74, 6) is 1.76. The van der Waals surface area contributed by atoms with Gasteiger partial charge in [0.2, 0.25) is 5.88 Å². The number of hydrogen-bond acceptors (Lipinski definition) is 3. The van der Waals surface area contributed by atoms with Crippen molar-refractivity contribution in [2.24, 2.45) is 0 Å². The van der Waals surface area contributed by atoms with Crippen molar-refractivity contribution >= 4 is 0 Å². The minimum atomic E-state index is -0.510. The van der Waals surface area contributed by atoms with Crippen LogP contribution in [-0.4, -0.2) is 10.1 Å². The molecule has 1 aromatic carbocycles. The molecule has 0 aliphatic carbocycles. The van der Waals surface area contributed by atoms with Gasteiger partial charge in [-0.3, -0.25) is 0 Å². The summed E-state index contributed by atoms with van der Waals surface area (Å²) >= 11 is 0. The van der Waals surface area contributed by atoms with Crippen LogP contribution < -0.4 is 4.74 Å². The molecule has 0 spiro atoms. The first kappa shape index (κ1) is 13.6. The number of aliphatic hydroxyl groups excluding tert-OH is 1. The molecule has 3 heteroatoms. The first-order valence-corrected chi connectivity index (χ1v) is 6.48. The fourth-order valence-electron chi connectivity index (χ4n) is 1.86. The second kappa shape index (κ2) is 5.85. The third-order valence-electron chi connectivity index (χ3n) is 3.00. The van der Waals surface area contributed by atoms with Crippen molar-refractivity contribution in [3.05, 3.63) is 53.7 Å². The molecule has 0 aliphatic rings. The van der Waals surface area contributed by atoms with Gasteiger partial charge in [0, 0.05) is 12.3 Å². The number of hydrogen-bond donors (Lipinski definition) is 1. The van der Waals surface area contributed by atoms with E-state index >= 15 is 0 Å². The van der Waals surface area contributed by atoms with Crippen LogP contribution in [0.3, 0.4) is 0 Å². The molecule has 1 atom stereocenters. The number of aliphatic hydroxyl groups is 1. The Balaban J connectivity index is 2.21. The van der Waals surface area contributed by atoms with Crippen molar-refractivity contribution in [2.75, 3.05) is 0 Å². The average Bonchev–Trinajstić information content (AvgIpc) is 2.39. The Hall–Kier alpha value is -1.87. The van der Waals surface area contributed by atoms with Crippen LogP contribution in [0, 0.1) is 0 Å². The number of benzene rings is 1. The smallest absolute Gasteiger partial charge is 0.219 e. The van der Waals surface area contributed by atoms with Crippen LogP contribution in [0.4, 0.5) is 0 Å². The van der Waals surface area contributed by atoms with Gasteiger partial charge in [-0.25, -0.2) is 4.98 Å². The van der Waals surface area contributed by atoms with E-state index in [4.69, 9.17) is 4.74 Å². The van der Waals surface area contributed by atoms with Gasteiger partial charge in [0.15, 0.2) is 0 Å². The minimum absolute atomic E-state index is 0.396. The van der Waals surface area contributed by atoms with Gasteiger partial charge in [0.25, 0.3) is 0 Å². The third kappa shape index (κ3) is 3.32. The van der Waals surface area contributed by atoms with Crippen LogP contribution >= 0.6 is 0 Å². The summed E-state index contributed by atoms with van der Waals surface area (Å²) in [4.78, 5) is 4.21. The molecule has 0 radical (unpaired) electrons. The molecule has 1 heterocycles. The second-order valence-electron chi connectivity index (χ2n) is 4.90. The predicted molar refractivity (Wildman–Crippen MR) is 75.5 cm³/mol. The first-order valence-electron chi connectivity index (χ1n) is 6.48. The van der Waals surface area contributed by atoms with Gasteiger partial charge >= 0.3 is 0 Å². The lowest BCUT2D eigenvalue weighted by Gasteiger charge is -2.13. The van der Waals surface area contributed by atoms with E-state index in [9.17, 15) is 5.11 Å². The summed E-state index contributed by atoms with van der Waals surface area (Å²) in [6, 6.07) is 11.6. The van der Waals surface area contributed by atoms with E-state index in [2.05, 4.69) is 24.9 Å². The molecular formula is C16H19NO2. The Morgan fingerprint density at radius 2 is 1.79 bits per heavy atom. The highest BCUT2D eigenvalue weighted by molar-refractivity contribution is 5.38. The van der Waals surface area contributed by atoms with Gasteiger partial charge in [0.1, 0.15) is 5.75 Å². The van der Waals surface area contributed by atoms with Crippen molar-refractivity contribution in [2.45, 2.75) is 32.8 Å². The summed E-state index contributed by atoms with van der Waals surface area (Å²) in [6.45, 7) is 5.98. The Morgan fingerprint density at radius 1 is 1.05 bits per heavy atom. The molecule has 19 heavy (non-hydrogen) atoms. The fourth-order valence-corrected chi connectivity index (χ4v) is 1.86.